The van der Waals surface area contributed by atoms with E-state index in [-0.39, 0.29) is 18.0 Å². The number of allylic oxidation sites excluding steroid dienone is 5. The maximum atomic E-state index is 13.8. The Morgan fingerprint density at radius 2 is 1.86 bits per heavy atom. The van der Waals surface area contributed by atoms with Gasteiger partial charge in [0.25, 0.3) is 0 Å². The maximum Gasteiger partial charge on any atom is 0.345 e. The summed E-state index contributed by atoms with van der Waals surface area (Å²) in [5.41, 5.74) is 2.99. The Kier molecular flexibility index (Phi) is 9.67. The predicted octanol–water partition coefficient (Wildman–Crippen LogP) is 5.43. The standard InChI is InChI=1S/C29H37N3O3/c1-5-9-14-24(8-4)20-30(19-23(7-3)13-6-2)28(33)27-18-17-26-21-31(27)29(34)32(26)35-22-25-15-11-10-12-16-25/h5-16,26-27H,4,17-22H2,1-3H3/b9-5-,13-6-,23-7+,24-14+/t26-,27-/m0/s1. The van der Waals surface area contributed by atoms with Gasteiger partial charge in [0.2, 0.25) is 5.91 Å². The Morgan fingerprint density at radius 1 is 1.11 bits per heavy atom. The van der Waals surface area contributed by atoms with Crippen LogP contribution < -0.4 is 0 Å². The fourth-order valence-electron chi connectivity index (χ4n) is 4.50. The first kappa shape index (κ1) is 26.2. The van der Waals surface area contributed by atoms with Gasteiger partial charge in [-0.25, -0.2) is 4.79 Å². The number of hydrogen-bond acceptors (Lipinski definition) is 3. The zero-order valence-corrected chi connectivity index (χ0v) is 21.1. The van der Waals surface area contributed by atoms with Crippen molar-refractivity contribution in [2.75, 3.05) is 19.6 Å². The Morgan fingerprint density at radius 3 is 2.51 bits per heavy atom. The van der Waals surface area contributed by atoms with Gasteiger partial charge in [-0.3, -0.25) is 9.63 Å². The molecule has 1 aromatic rings. The third-order valence-electron chi connectivity index (χ3n) is 6.40. The van der Waals surface area contributed by atoms with Crippen LogP contribution in [-0.4, -0.2) is 58.5 Å². The summed E-state index contributed by atoms with van der Waals surface area (Å²) < 4.78 is 0. The van der Waals surface area contributed by atoms with E-state index in [2.05, 4.69) is 6.58 Å². The van der Waals surface area contributed by atoms with E-state index in [1.54, 1.807) is 11.0 Å². The molecule has 186 valence electrons. The molecule has 0 aliphatic carbocycles. The Balaban J connectivity index is 1.76. The van der Waals surface area contributed by atoms with E-state index in [9.17, 15) is 9.59 Å². The molecule has 0 N–H and O–H groups in total. The lowest BCUT2D eigenvalue weighted by Crippen LogP contribution is -2.52. The molecule has 0 unspecified atom stereocenters. The topological polar surface area (TPSA) is 53.1 Å². The van der Waals surface area contributed by atoms with Gasteiger partial charge in [-0.1, -0.05) is 79.4 Å². The van der Waals surface area contributed by atoms with Crippen LogP contribution in [-0.2, 0) is 16.2 Å². The number of piperidine rings is 1. The molecule has 6 heteroatoms. The third kappa shape index (κ3) is 6.61. The summed E-state index contributed by atoms with van der Waals surface area (Å²) in [5.74, 6) is -0.0428. The highest BCUT2D eigenvalue weighted by Crippen LogP contribution is 2.31. The summed E-state index contributed by atoms with van der Waals surface area (Å²) in [6, 6.07) is 9.03. The first-order valence-corrected chi connectivity index (χ1v) is 12.3. The van der Waals surface area contributed by atoms with Crippen molar-refractivity contribution in [3.8, 4) is 0 Å². The minimum atomic E-state index is -0.499. The summed E-state index contributed by atoms with van der Waals surface area (Å²) in [5, 5.41) is 1.48. The van der Waals surface area contributed by atoms with E-state index < -0.39 is 6.04 Å². The smallest absolute Gasteiger partial charge is 0.332 e. The van der Waals surface area contributed by atoms with Gasteiger partial charge in [0.1, 0.15) is 12.6 Å². The molecule has 2 aliphatic rings. The van der Waals surface area contributed by atoms with Gasteiger partial charge in [0, 0.05) is 19.6 Å². The average Bonchev–Trinajstić information content (AvgIpc) is 3.13. The van der Waals surface area contributed by atoms with Crippen molar-refractivity contribution >= 4 is 11.9 Å². The normalized spacial score (nSPS) is 20.8. The molecular formula is C29H37N3O3. The number of hydroxylamine groups is 2. The van der Waals surface area contributed by atoms with E-state index >= 15 is 0 Å². The SMILES string of the molecule is C=C/C(=C\C=C/C)CN(CC(/C=C\C)=C/C)C(=O)[C@@H]1CC[C@H]2CN1C(=O)N2OCc1ccccc1. The van der Waals surface area contributed by atoms with E-state index in [0.29, 0.717) is 32.7 Å². The maximum absolute atomic E-state index is 13.8. The molecule has 2 aliphatic heterocycles. The van der Waals surface area contributed by atoms with Crippen molar-refractivity contribution in [2.45, 2.75) is 52.3 Å². The van der Waals surface area contributed by atoms with Gasteiger partial charge in [-0.15, -0.1) is 0 Å². The second-order valence-electron chi connectivity index (χ2n) is 8.80. The van der Waals surface area contributed by atoms with Crippen molar-refractivity contribution in [3.63, 3.8) is 0 Å². The van der Waals surface area contributed by atoms with Crippen molar-refractivity contribution in [1.82, 2.24) is 14.9 Å². The molecule has 0 spiro atoms. The lowest BCUT2D eigenvalue weighted by atomic mass is 9.99. The molecular weight excluding hydrogens is 438 g/mol. The fourth-order valence-corrected chi connectivity index (χ4v) is 4.50. The average molecular weight is 476 g/mol. The van der Waals surface area contributed by atoms with Crippen LogP contribution in [0.4, 0.5) is 4.79 Å². The quantitative estimate of drug-likeness (QED) is 0.401. The summed E-state index contributed by atoms with van der Waals surface area (Å²) >= 11 is 0. The molecule has 0 aromatic heterocycles. The molecule has 1 aromatic carbocycles. The number of rotatable bonds is 11. The molecule has 6 nitrogen and oxygen atoms in total. The Labute approximate surface area is 209 Å². The van der Waals surface area contributed by atoms with Crippen LogP contribution in [0.1, 0.15) is 39.2 Å². The van der Waals surface area contributed by atoms with Gasteiger partial charge in [-0.05, 0) is 50.3 Å². The second kappa shape index (κ2) is 12.9. The van der Waals surface area contributed by atoms with Crippen LogP contribution >= 0.6 is 0 Å². The summed E-state index contributed by atoms with van der Waals surface area (Å²) in [6.07, 6.45) is 15.0. The van der Waals surface area contributed by atoms with Gasteiger partial charge >= 0.3 is 6.03 Å². The van der Waals surface area contributed by atoms with E-state index in [4.69, 9.17) is 4.84 Å². The Bertz CT molecular complexity index is 1010. The summed E-state index contributed by atoms with van der Waals surface area (Å²) in [4.78, 5) is 36.5. The van der Waals surface area contributed by atoms with Crippen molar-refractivity contribution in [3.05, 3.63) is 96.2 Å². The van der Waals surface area contributed by atoms with Crippen LogP contribution in [0.15, 0.2) is 90.6 Å². The van der Waals surface area contributed by atoms with Crippen molar-refractivity contribution < 1.29 is 14.4 Å². The fraction of sp³-hybridized carbons (Fsp3) is 0.379. The zero-order valence-electron chi connectivity index (χ0n) is 21.1. The van der Waals surface area contributed by atoms with E-state index in [1.807, 2.05) is 92.5 Å². The highest BCUT2D eigenvalue weighted by Gasteiger charge is 2.48. The number of carbonyl (C=O) groups is 2. The minimum Gasteiger partial charge on any atom is -0.332 e. The molecule has 3 amide bonds. The molecule has 0 radical (unpaired) electrons. The minimum absolute atomic E-state index is 0.0313. The van der Waals surface area contributed by atoms with E-state index in [1.165, 1.54) is 5.06 Å². The molecule has 35 heavy (non-hydrogen) atoms. The number of hydrogen-bond donors (Lipinski definition) is 0. The molecule has 2 fully saturated rings. The molecule has 3 rings (SSSR count). The molecule has 2 atom stereocenters. The Hall–Kier alpha value is -3.38. The van der Waals surface area contributed by atoms with Gasteiger partial charge in [0.15, 0.2) is 0 Å². The first-order valence-electron chi connectivity index (χ1n) is 12.3. The number of amides is 3. The highest BCUT2D eigenvalue weighted by atomic mass is 16.7. The summed E-state index contributed by atoms with van der Waals surface area (Å²) in [7, 11) is 0. The lowest BCUT2D eigenvalue weighted by molar-refractivity contribution is -0.140. The monoisotopic (exact) mass is 475 g/mol. The van der Waals surface area contributed by atoms with Crippen LogP contribution in [0, 0.1) is 0 Å². The predicted molar refractivity (Wildman–Crippen MR) is 140 cm³/mol. The second-order valence-corrected chi connectivity index (χ2v) is 8.80. The number of carbonyl (C=O) groups excluding carboxylic acids is 2. The van der Waals surface area contributed by atoms with Crippen LogP contribution in [0.25, 0.3) is 0 Å². The van der Waals surface area contributed by atoms with Gasteiger partial charge in [-0.2, -0.15) is 5.06 Å². The largest absolute Gasteiger partial charge is 0.345 e. The molecule has 0 saturated carbocycles. The summed E-state index contributed by atoms with van der Waals surface area (Å²) in [6.45, 7) is 11.5. The molecule has 2 bridgehead atoms. The molecule has 2 saturated heterocycles. The van der Waals surface area contributed by atoms with Crippen LogP contribution in [0.3, 0.4) is 0 Å². The first-order chi connectivity index (χ1) is 17.0. The van der Waals surface area contributed by atoms with Gasteiger partial charge in [0.05, 0.1) is 6.04 Å². The third-order valence-corrected chi connectivity index (χ3v) is 6.40. The van der Waals surface area contributed by atoms with E-state index in [0.717, 1.165) is 23.1 Å². The zero-order chi connectivity index (χ0) is 25.2. The number of benzene rings is 1. The van der Waals surface area contributed by atoms with Crippen LogP contribution in [0.2, 0.25) is 0 Å². The molecule has 2 heterocycles. The van der Waals surface area contributed by atoms with Crippen molar-refractivity contribution in [2.24, 2.45) is 0 Å². The number of urea groups is 1. The highest BCUT2D eigenvalue weighted by molar-refractivity contribution is 5.89. The number of nitrogens with zero attached hydrogens (tertiary/aromatic N) is 3. The van der Waals surface area contributed by atoms with Crippen molar-refractivity contribution in [1.29, 1.82) is 0 Å². The lowest BCUT2D eigenvalue weighted by Gasteiger charge is -2.34. The number of fused-ring (bicyclic) bond motifs is 2. The van der Waals surface area contributed by atoms with Crippen LogP contribution in [0.5, 0.6) is 0 Å². The van der Waals surface area contributed by atoms with Gasteiger partial charge < -0.3 is 9.80 Å².